The van der Waals surface area contributed by atoms with Crippen LogP contribution in [0.15, 0.2) is 43.0 Å². The first-order chi connectivity index (χ1) is 6.77. The fourth-order valence-electron chi connectivity index (χ4n) is 0.952. The van der Waals surface area contributed by atoms with Crippen molar-refractivity contribution in [1.29, 1.82) is 0 Å². The van der Waals surface area contributed by atoms with Gasteiger partial charge in [0.25, 0.3) is 11.4 Å². The van der Waals surface area contributed by atoms with E-state index >= 15 is 0 Å². The minimum atomic E-state index is 0.503. The summed E-state index contributed by atoms with van der Waals surface area (Å²) >= 11 is 6.38. The highest BCUT2D eigenvalue weighted by atomic mass is 32.2. The van der Waals surface area contributed by atoms with Crippen LogP contribution in [0.2, 0.25) is 0 Å². The third-order valence-electron chi connectivity index (χ3n) is 1.60. The minimum Gasteiger partial charge on any atom is -0.444 e. The lowest BCUT2D eigenvalue weighted by molar-refractivity contribution is 0.426. The number of hydrogen-bond donors (Lipinski definition) is 0. The molecule has 0 radical (unpaired) electrons. The first kappa shape index (κ1) is 11.0. The summed E-state index contributed by atoms with van der Waals surface area (Å²) in [6.45, 7) is 3.75. The van der Waals surface area contributed by atoms with Gasteiger partial charge >= 0.3 is 4.38 Å². The van der Waals surface area contributed by atoms with Crippen molar-refractivity contribution in [2.75, 3.05) is 7.11 Å². The predicted octanol–water partition coefficient (Wildman–Crippen LogP) is 2.41. The summed E-state index contributed by atoms with van der Waals surface area (Å²) in [7, 11) is 1.57. The molecule has 0 fully saturated rings. The number of methoxy groups -OCH3 is 1. The van der Waals surface area contributed by atoms with E-state index in [-0.39, 0.29) is 0 Å². The third kappa shape index (κ3) is 3.01. The van der Waals surface area contributed by atoms with Gasteiger partial charge in [-0.3, -0.25) is 0 Å². The normalized spacial score (nSPS) is 10.8. The molecule has 1 nitrogen and oxygen atoms in total. The quantitative estimate of drug-likeness (QED) is 0.329. The first-order valence-corrected chi connectivity index (χ1v) is 5.31. The molecule has 0 saturated heterocycles. The van der Waals surface area contributed by atoms with Gasteiger partial charge in [0, 0.05) is 17.8 Å². The van der Waals surface area contributed by atoms with Crippen molar-refractivity contribution in [2.45, 2.75) is 0 Å². The fraction of sp³-hybridized carbons (Fsp3) is 0.0909. The Labute approximate surface area is 93.4 Å². The topological polar surface area (TPSA) is 9.23 Å². The Hall–Kier alpha value is -1.06. The zero-order chi connectivity index (χ0) is 10.4. The molecule has 0 saturated carbocycles. The number of hydrogen-bond acceptors (Lipinski definition) is 2. The van der Waals surface area contributed by atoms with Crippen LogP contribution in [-0.2, 0) is 16.1 Å². The van der Waals surface area contributed by atoms with Crippen LogP contribution in [0.5, 0.6) is 0 Å². The van der Waals surface area contributed by atoms with E-state index in [0.29, 0.717) is 4.38 Å². The van der Waals surface area contributed by atoms with Gasteiger partial charge in [0.15, 0.2) is 0 Å². The molecule has 0 aliphatic rings. The van der Waals surface area contributed by atoms with Gasteiger partial charge < -0.3 is 4.74 Å². The molecule has 14 heavy (non-hydrogen) atoms. The molecule has 1 aromatic rings. The Kier molecular flexibility index (Phi) is 4.43. The van der Waals surface area contributed by atoms with Gasteiger partial charge in [0.2, 0.25) is 4.86 Å². The molecular formula is C11H11OS2+. The van der Waals surface area contributed by atoms with Crippen LogP contribution in [0.25, 0.3) is 0 Å². The summed E-state index contributed by atoms with van der Waals surface area (Å²) in [6.07, 6.45) is 1.78. The zero-order valence-electron chi connectivity index (χ0n) is 7.90. The van der Waals surface area contributed by atoms with Crippen LogP contribution in [0.1, 0.15) is 5.56 Å². The number of benzene rings is 1. The van der Waals surface area contributed by atoms with E-state index in [1.54, 1.807) is 13.2 Å². The van der Waals surface area contributed by atoms with E-state index in [9.17, 15) is 0 Å². The van der Waals surface area contributed by atoms with Gasteiger partial charge in [-0.05, 0) is 18.2 Å². The van der Waals surface area contributed by atoms with Gasteiger partial charge in [-0.2, -0.15) is 0 Å². The fourth-order valence-corrected chi connectivity index (χ4v) is 1.82. The smallest absolute Gasteiger partial charge is 0.444 e. The lowest BCUT2D eigenvalue weighted by atomic mass is 10.1. The second-order valence-corrected chi connectivity index (χ2v) is 4.13. The Bertz CT molecular complexity index is 355. The molecule has 0 unspecified atom stereocenters. The molecule has 0 aliphatic carbocycles. The Morgan fingerprint density at radius 3 is 2.57 bits per heavy atom. The maximum Gasteiger partial charge on any atom is 0.455 e. The highest BCUT2D eigenvalue weighted by molar-refractivity contribution is 8.08. The van der Waals surface area contributed by atoms with Crippen LogP contribution >= 0.6 is 12.2 Å². The average Bonchev–Trinajstić information content (AvgIpc) is 2.26. The molecule has 0 heterocycles. The van der Waals surface area contributed by atoms with Crippen molar-refractivity contribution < 1.29 is 4.74 Å². The van der Waals surface area contributed by atoms with Gasteiger partial charge in [-0.15, -0.1) is 0 Å². The van der Waals surface area contributed by atoms with Crippen molar-refractivity contribution in [2.24, 2.45) is 0 Å². The Balaban J connectivity index is 2.99. The molecule has 1 aromatic carbocycles. The average molecular weight is 223 g/mol. The van der Waals surface area contributed by atoms with Crippen molar-refractivity contribution in [3.05, 3.63) is 48.6 Å². The maximum absolute atomic E-state index is 4.97. The molecule has 0 aliphatic heterocycles. The largest absolute Gasteiger partial charge is 0.455 e. The SMILES string of the molecule is C=CC(=[S+]C(=S)OC)c1ccccc1. The van der Waals surface area contributed by atoms with Crippen molar-refractivity contribution >= 4 is 32.8 Å². The number of ether oxygens (including phenoxy) is 1. The molecule has 0 atom stereocenters. The van der Waals surface area contributed by atoms with Gasteiger partial charge in [-0.1, -0.05) is 24.8 Å². The standard InChI is InChI=1S/C11H11OS2/c1-3-10(14-11(13)12-2)9-7-5-4-6-8-9/h3-8H,1H2,2H3/q+1. The molecule has 1 rings (SSSR count). The molecule has 0 spiro atoms. The van der Waals surface area contributed by atoms with Gasteiger partial charge in [0.05, 0.1) is 7.11 Å². The summed E-state index contributed by atoms with van der Waals surface area (Å²) in [4.78, 5) is 1.01. The third-order valence-corrected chi connectivity index (χ3v) is 2.98. The van der Waals surface area contributed by atoms with Crippen LogP contribution < -0.4 is 0 Å². The van der Waals surface area contributed by atoms with Crippen LogP contribution in [0.3, 0.4) is 0 Å². The molecular weight excluding hydrogens is 212 g/mol. The van der Waals surface area contributed by atoms with Gasteiger partial charge in [-0.25, -0.2) is 0 Å². The molecule has 72 valence electrons. The minimum absolute atomic E-state index is 0.503. The van der Waals surface area contributed by atoms with E-state index < -0.39 is 0 Å². The highest BCUT2D eigenvalue weighted by Gasteiger charge is 2.14. The summed E-state index contributed by atoms with van der Waals surface area (Å²) in [5.41, 5.74) is 1.10. The number of allylic oxidation sites excluding steroid dienone is 1. The van der Waals surface area contributed by atoms with Crippen LogP contribution in [0, 0.1) is 0 Å². The van der Waals surface area contributed by atoms with Gasteiger partial charge in [0.1, 0.15) is 0 Å². The lowest BCUT2D eigenvalue weighted by Gasteiger charge is -1.90. The first-order valence-electron chi connectivity index (χ1n) is 4.08. The molecule has 3 heteroatoms. The highest BCUT2D eigenvalue weighted by Crippen LogP contribution is 2.01. The number of thiocarbonyl (C=S) groups is 1. The molecule has 0 amide bonds. The summed E-state index contributed by atoms with van der Waals surface area (Å²) < 4.78 is 5.43. The molecule has 0 bridgehead atoms. The molecule has 0 aromatic heterocycles. The van der Waals surface area contributed by atoms with E-state index in [1.807, 2.05) is 30.3 Å². The second-order valence-electron chi connectivity index (χ2n) is 2.49. The summed E-state index contributed by atoms with van der Waals surface area (Å²) in [5.74, 6) is 0. The lowest BCUT2D eigenvalue weighted by Crippen LogP contribution is -2.04. The van der Waals surface area contributed by atoms with E-state index in [0.717, 1.165) is 10.4 Å². The van der Waals surface area contributed by atoms with Crippen molar-refractivity contribution in [3.63, 3.8) is 0 Å². The summed E-state index contributed by atoms with van der Waals surface area (Å²) in [5, 5.41) is 0. The van der Waals surface area contributed by atoms with E-state index in [4.69, 9.17) is 17.0 Å². The van der Waals surface area contributed by atoms with Crippen LogP contribution in [-0.4, -0.2) is 16.4 Å². The van der Waals surface area contributed by atoms with E-state index in [1.165, 1.54) is 11.4 Å². The van der Waals surface area contributed by atoms with Crippen molar-refractivity contribution in [1.82, 2.24) is 0 Å². The monoisotopic (exact) mass is 223 g/mol. The molecule has 0 N–H and O–H groups in total. The second kappa shape index (κ2) is 5.62. The number of rotatable bonds is 2. The Morgan fingerprint density at radius 1 is 1.43 bits per heavy atom. The van der Waals surface area contributed by atoms with E-state index in [2.05, 4.69) is 6.58 Å². The van der Waals surface area contributed by atoms with Crippen molar-refractivity contribution in [3.8, 4) is 0 Å². The van der Waals surface area contributed by atoms with Crippen LogP contribution in [0.4, 0.5) is 0 Å². The predicted molar refractivity (Wildman–Crippen MR) is 67.7 cm³/mol. The zero-order valence-corrected chi connectivity index (χ0v) is 9.53. The Morgan fingerprint density at radius 2 is 2.07 bits per heavy atom. The summed E-state index contributed by atoms with van der Waals surface area (Å²) in [6, 6.07) is 9.97. The maximum atomic E-state index is 4.97.